The minimum absolute atomic E-state index is 0.109. The highest BCUT2D eigenvalue weighted by molar-refractivity contribution is 7.11. The number of esters is 1. The standard InChI is InChI=1S/C14H22N2O2S/c1-3-11-5-6-12(19-11)10-16-8-7-15-9-13(16)14(17)18-4-2/h5-6,13,15H,3-4,7-10H2,1-2H3. The van der Waals surface area contributed by atoms with Crippen molar-refractivity contribution in [2.45, 2.75) is 32.9 Å². The maximum absolute atomic E-state index is 12.0. The minimum atomic E-state index is -0.152. The molecule has 1 N–H and O–H groups in total. The second-order valence-electron chi connectivity index (χ2n) is 4.66. The first-order valence-electron chi connectivity index (χ1n) is 6.93. The van der Waals surface area contributed by atoms with Crippen LogP contribution in [0.4, 0.5) is 0 Å². The van der Waals surface area contributed by atoms with Crippen LogP contribution in [-0.4, -0.2) is 43.2 Å². The average Bonchev–Trinajstić information content (AvgIpc) is 2.87. The van der Waals surface area contributed by atoms with E-state index in [1.807, 2.05) is 18.3 Å². The zero-order valence-corrected chi connectivity index (χ0v) is 12.5. The number of nitrogens with one attached hydrogen (secondary N) is 1. The van der Waals surface area contributed by atoms with Crippen LogP contribution >= 0.6 is 11.3 Å². The molecule has 0 saturated carbocycles. The summed E-state index contributed by atoms with van der Waals surface area (Å²) in [5.74, 6) is -0.109. The lowest BCUT2D eigenvalue weighted by Crippen LogP contribution is -2.54. The number of ether oxygens (including phenoxy) is 1. The zero-order chi connectivity index (χ0) is 13.7. The number of aryl methyl sites for hydroxylation is 1. The topological polar surface area (TPSA) is 41.6 Å². The van der Waals surface area contributed by atoms with Gasteiger partial charge in [0.05, 0.1) is 6.61 Å². The van der Waals surface area contributed by atoms with Gasteiger partial charge >= 0.3 is 5.97 Å². The summed E-state index contributed by atoms with van der Waals surface area (Å²) in [4.78, 5) is 16.9. The first-order valence-corrected chi connectivity index (χ1v) is 7.75. The summed E-state index contributed by atoms with van der Waals surface area (Å²) < 4.78 is 5.16. The molecule has 4 nitrogen and oxygen atoms in total. The SMILES string of the molecule is CCOC(=O)C1CNCCN1Cc1ccc(CC)s1. The number of carbonyl (C=O) groups excluding carboxylic acids is 1. The Balaban J connectivity index is 2.00. The van der Waals surface area contributed by atoms with Crippen molar-refractivity contribution in [3.8, 4) is 0 Å². The first kappa shape index (κ1) is 14.5. The summed E-state index contributed by atoms with van der Waals surface area (Å²) in [7, 11) is 0. The van der Waals surface area contributed by atoms with Crippen LogP contribution in [0.3, 0.4) is 0 Å². The van der Waals surface area contributed by atoms with Gasteiger partial charge in [0.15, 0.2) is 0 Å². The quantitative estimate of drug-likeness (QED) is 0.834. The van der Waals surface area contributed by atoms with E-state index in [2.05, 4.69) is 29.3 Å². The maximum Gasteiger partial charge on any atom is 0.324 e. The molecule has 2 heterocycles. The van der Waals surface area contributed by atoms with E-state index >= 15 is 0 Å². The third kappa shape index (κ3) is 3.78. The lowest BCUT2D eigenvalue weighted by atomic mass is 10.2. The van der Waals surface area contributed by atoms with E-state index in [9.17, 15) is 4.79 Å². The van der Waals surface area contributed by atoms with Crippen LogP contribution in [0.25, 0.3) is 0 Å². The summed E-state index contributed by atoms with van der Waals surface area (Å²) >= 11 is 1.84. The lowest BCUT2D eigenvalue weighted by Gasteiger charge is -2.34. The van der Waals surface area contributed by atoms with Crippen molar-refractivity contribution in [2.75, 3.05) is 26.2 Å². The molecule has 1 aliphatic heterocycles. The lowest BCUT2D eigenvalue weighted by molar-refractivity contribution is -0.150. The van der Waals surface area contributed by atoms with Gasteiger partial charge in [-0.15, -0.1) is 11.3 Å². The molecule has 106 valence electrons. The molecule has 1 saturated heterocycles. The van der Waals surface area contributed by atoms with Crippen LogP contribution in [0.2, 0.25) is 0 Å². The number of rotatable bonds is 5. The molecule has 0 aromatic carbocycles. The van der Waals surface area contributed by atoms with Crippen LogP contribution in [-0.2, 0) is 22.5 Å². The zero-order valence-electron chi connectivity index (χ0n) is 11.6. The molecule has 0 radical (unpaired) electrons. The van der Waals surface area contributed by atoms with Gasteiger partial charge in [0.2, 0.25) is 0 Å². The van der Waals surface area contributed by atoms with Crippen LogP contribution < -0.4 is 5.32 Å². The van der Waals surface area contributed by atoms with Gasteiger partial charge in [0.25, 0.3) is 0 Å². The van der Waals surface area contributed by atoms with Crippen molar-refractivity contribution in [3.05, 3.63) is 21.9 Å². The van der Waals surface area contributed by atoms with Crippen molar-refractivity contribution in [1.82, 2.24) is 10.2 Å². The molecule has 19 heavy (non-hydrogen) atoms. The van der Waals surface area contributed by atoms with E-state index < -0.39 is 0 Å². The third-order valence-electron chi connectivity index (χ3n) is 3.34. The van der Waals surface area contributed by atoms with E-state index in [1.54, 1.807) is 0 Å². The fraction of sp³-hybridized carbons (Fsp3) is 0.643. The van der Waals surface area contributed by atoms with Gasteiger partial charge < -0.3 is 10.1 Å². The van der Waals surface area contributed by atoms with E-state index in [0.29, 0.717) is 13.2 Å². The van der Waals surface area contributed by atoms with Gasteiger partial charge in [-0.1, -0.05) is 6.92 Å². The van der Waals surface area contributed by atoms with Crippen molar-refractivity contribution in [1.29, 1.82) is 0 Å². The molecule has 1 atom stereocenters. The monoisotopic (exact) mass is 282 g/mol. The molecule has 1 fully saturated rings. The Morgan fingerprint density at radius 1 is 1.47 bits per heavy atom. The molecule has 1 aliphatic rings. The molecule has 2 rings (SSSR count). The Kier molecular flexibility index (Phi) is 5.36. The van der Waals surface area contributed by atoms with E-state index in [4.69, 9.17) is 4.74 Å². The van der Waals surface area contributed by atoms with Gasteiger partial charge in [-0.2, -0.15) is 0 Å². The molecular formula is C14H22N2O2S. The highest BCUT2D eigenvalue weighted by Gasteiger charge is 2.29. The Morgan fingerprint density at radius 2 is 2.26 bits per heavy atom. The van der Waals surface area contributed by atoms with Crippen LogP contribution in [0, 0.1) is 0 Å². The fourth-order valence-electron chi connectivity index (χ4n) is 2.30. The smallest absolute Gasteiger partial charge is 0.324 e. The summed E-state index contributed by atoms with van der Waals surface area (Å²) in [6.45, 7) is 7.82. The highest BCUT2D eigenvalue weighted by atomic mass is 32.1. The Hall–Kier alpha value is -0.910. The summed E-state index contributed by atoms with van der Waals surface area (Å²) in [6.07, 6.45) is 1.08. The maximum atomic E-state index is 12.0. The Morgan fingerprint density at radius 3 is 2.95 bits per heavy atom. The first-order chi connectivity index (χ1) is 9.24. The molecule has 0 amide bonds. The summed E-state index contributed by atoms with van der Waals surface area (Å²) in [5.41, 5.74) is 0. The van der Waals surface area contributed by atoms with Crippen molar-refractivity contribution >= 4 is 17.3 Å². The minimum Gasteiger partial charge on any atom is -0.465 e. The number of carbonyl (C=O) groups is 1. The second kappa shape index (κ2) is 7.03. The van der Waals surface area contributed by atoms with Gasteiger partial charge in [-0.25, -0.2) is 0 Å². The number of nitrogens with zero attached hydrogens (tertiary/aromatic N) is 1. The molecule has 5 heteroatoms. The largest absolute Gasteiger partial charge is 0.465 e. The molecule has 0 spiro atoms. The normalized spacial score (nSPS) is 20.4. The average molecular weight is 282 g/mol. The van der Waals surface area contributed by atoms with Crippen molar-refractivity contribution in [3.63, 3.8) is 0 Å². The predicted octanol–water partition coefficient (Wildman–Crippen LogP) is 1.65. The molecular weight excluding hydrogens is 260 g/mol. The summed E-state index contributed by atoms with van der Waals surface area (Å²) in [6, 6.07) is 4.20. The third-order valence-corrected chi connectivity index (χ3v) is 4.55. The van der Waals surface area contributed by atoms with Crippen LogP contribution in [0.1, 0.15) is 23.6 Å². The van der Waals surface area contributed by atoms with Crippen molar-refractivity contribution < 1.29 is 9.53 Å². The Labute approximate surface area is 118 Å². The number of piperazine rings is 1. The van der Waals surface area contributed by atoms with Gasteiger partial charge in [0, 0.05) is 35.9 Å². The molecule has 0 bridgehead atoms. The number of thiophene rings is 1. The van der Waals surface area contributed by atoms with Crippen molar-refractivity contribution in [2.24, 2.45) is 0 Å². The number of hydrogen-bond acceptors (Lipinski definition) is 5. The number of hydrogen-bond donors (Lipinski definition) is 1. The molecule has 1 aromatic heterocycles. The van der Waals surface area contributed by atoms with Gasteiger partial charge in [-0.3, -0.25) is 9.69 Å². The fourth-order valence-corrected chi connectivity index (χ4v) is 3.29. The van der Waals surface area contributed by atoms with E-state index in [1.165, 1.54) is 9.75 Å². The van der Waals surface area contributed by atoms with Crippen LogP contribution in [0.5, 0.6) is 0 Å². The van der Waals surface area contributed by atoms with E-state index in [-0.39, 0.29) is 12.0 Å². The van der Waals surface area contributed by atoms with Crippen LogP contribution in [0.15, 0.2) is 12.1 Å². The Bertz CT molecular complexity index is 419. The predicted molar refractivity (Wildman–Crippen MR) is 77.4 cm³/mol. The second-order valence-corrected chi connectivity index (χ2v) is 5.92. The summed E-state index contributed by atoms with van der Waals surface area (Å²) in [5, 5.41) is 3.27. The van der Waals surface area contributed by atoms with Gasteiger partial charge in [0.1, 0.15) is 6.04 Å². The van der Waals surface area contributed by atoms with E-state index in [0.717, 1.165) is 26.1 Å². The van der Waals surface area contributed by atoms with Gasteiger partial charge in [-0.05, 0) is 25.5 Å². The molecule has 1 aromatic rings. The molecule has 1 unspecified atom stereocenters. The highest BCUT2D eigenvalue weighted by Crippen LogP contribution is 2.20. The molecule has 0 aliphatic carbocycles.